The average molecular weight is 773 g/mol. The molecule has 0 spiro atoms. The minimum Gasteiger partial charge on any atom is -0.505 e. The number of hydrazine groups is 1. The van der Waals surface area contributed by atoms with Gasteiger partial charge < -0.3 is 30.4 Å². The number of nitrogens with zero attached hydrogens (tertiary/aromatic N) is 1. The zero-order valence-corrected chi connectivity index (χ0v) is 32.2. The van der Waals surface area contributed by atoms with E-state index in [2.05, 4.69) is 16.1 Å². The Kier molecular flexibility index (Phi) is 16.9. The Balaban J connectivity index is 2.10. The first-order valence-electron chi connectivity index (χ1n) is 18.6. The van der Waals surface area contributed by atoms with E-state index in [0.29, 0.717) is 18.3 Å². The lowest BCUT2D eigenvalue weighted by molar-refractivity contribution is -0.156. The van der Waals surface area contributed by atoms with Gasteiger partial charge in [0.25, 0.3) is 5.91 Å². The minimum atomic E-state index is -1.48. The topological polar surface area (TPSA) is 191 Å². The number of hydrogen-bond acceptors (Lipinski definition) is 10. The molecular weight excluding hydrogens is 718 g/mol. The summed E-state index contributed by atoms with van der Waals surface area (Å²) in [6.07, 6.45) is 7.10. The first-order chi connectivity index (χ1) is 25.9. The molecule has 2 heterocycles. The SMILES string of the molecule is CC(=O)CC[C@H]1C(=O)N[C@@H](C(C)C)C(=O)N[C@@H](Cc2cc(O)c(F)c(F)c2)C(=O)N2CCCC(N2)C(=O)O[C@H](/C(C)=C/C=O)C/C=C/C=C/[C@H](O)[C@H](C)[C@H]1C. The van der Waals surface area contributed by atoms with Gasteiger partial charge in [0.2, 0.25) is 11.8 Å². The summed E-state index contributed by atoms with van der Waals surface area (Å²) in [5.41, 5.74) is 3.30. The highest BCUT2D eigenvalue weighted by molar-refractivity contribution is 5.93. The van der Waals surface area contributed by atoms with Gasteiger partial charge >= 0.3 is 5.97 Å². The molecule has 2 bridgehead atoms. The van der Waals surface area contributed by atoms with Crippen molar-refractivity contribution in [2.24, 2.45) is 23.7 Å². The van der Waals surface area contributed by atoms with E-state index in [1.54, 1.807) is 58.9 Å². The number of cyclic esters (lactones) is 1. The maximum Gasteiger partial charge on any atom is 0.325 e. The van der Waals surface area contributed by atoms with Crippen molar-refractivity contribution in [2.45, 2.75) is 110 Å². The molecule has 1 unspecified atom stereocenters. The summed E-state index contributed by atoms with van der Waals surface area (Å²) < 4.78 is 34.2. The van der Waals surface area contributed by atoms with Crippen LogP contribution in [0, 0.1) is 35.3 Å². The van der Waals surface area contributed by atoms with E-state index >= 15 is 0 Å². The number of allylic oxidation sites excluding steroid dienone is 3. The van der Waals surface area contributed by atoms with E-state index < -0.39 is 102 Å². The lowest BCUT2D eigenvalue weighted by Crippen LogP contribution is -2.62. The molecule has 302 valence electrons. The number of aromatic hydroxyl groups is 1. The smallest absolute Gasteiger partial charge is 0.325 e. The fourth-order valence-electron chi connectivity index (χ4n) is 6.61. The molecule has 3 amide bonds. The summed E-state index contributed by atoms with van der Waals surface area (Å²) in [7, 11) is 0. The van der Waals surface area contributed by atoms with Crippen LogP contribution >= 0.6 is 0 Å². The van der Waals surface area contributed by atoms with Gasteiger partial charge in [0.15, 0.2) is 17.4 Å². The summed E-state index contributed by atoms with van der Waals surface area (Å²) >= 11 is 0. The number of aldehydes is 1. The number of carbonyl (C=O) groups is 6. The van der Waals surface area contributed by atoms with Crippen LogP contribution in [0.4, 0.5) is 8.78 Å². The predicted octanol–water partition coefficient (Wildman–Crippen LogP) is 3.53. The number of aliphatic hydroxyl groups excluding tert-OH is 1. The van der Waals surface area contributed by atoms with Crippen LogP contribution in [-0.2, 0) is 39.9 Å². The van der Waals surface area contributed by atoms with Gasteiger partial charge in [-0.3, -0.25) is 29.0 Å². The number of amides is 3. The molecule has 1 saturated heterocycles. The van der Waals surface area contributed by atoms with E-state index in [1.807, 2.05) is 0 Å². The Morgan fingerprint density at radius 2 is 1.76 bits per heavy atom. The second-order valence-corrected chi connectivity index (χ2v) is 14.8. The minimum absolute atomic E-state index is 0.0253. The molecular formula is C40H54F2N4O9. The van der Waals surface area contributed by atoms with Crippen molar-refractivity contribution in [3.8, 4) is 5.75 Å². The number of carbonyl (C=O) groups excluding carboxylic acids is 6. The van der Waals surface area contributed by atoms with Crippen LogP contribution in [0.5, 0.6) is 5.75 Å². The molecule has 0 radical (unpaired) electrons. The fourth-order valence-corrected chi connectivity index (χ4v) is 6.61. The highest BCUT2D eigenvalue weighted by Crippen LogP contribution is 2.29. The van der Waals surface area contributed by atoms with Crippen molar-refractivity contribution in [3.63, 3.8) is 0 Å². The summed E-state index contributed by atoms with van der Waals surface area (Å²) in [6.45, 7) is 10.0. The van der Waals surface area contributed by atoms with Crippen LogP contribution in [0.2, 0.25) is 0 Å². The van der Waals surface area contributed by atoms with Gasteiger partial charge in [-0.15, -0.1) is 0 Å². The molecule has 0 saturated carbocycles. The van der Waals surface area contributed by atoms with Crippen molar-refractivity contribution in [3.05, 3.63) is 65.3 Å². The van der Waals surface area contributed by atoms with Gasteiger partial charge in [-0.25, -0.2) is 9.82 Å². The summed E-state index contributed by atoms with van der Waals surface area (Å²) in [4.78, 5) is 78.9. The largest absolute Gasteiger partial charge is 0.505 e. The number of esters is 1. The molecule has 55 heavy (non-hydrogen) atoms. The number of Topliss-reactive ketones (excluding diaryl/α,β-unsaturated/α-hetero) is 1. The van der Waals surface area contributed by atoms with E-state index in [1.165, 1.54) is 13.0 Å². The molecule has 2 aliphatic heterocycles. The van der Waals surface area contributed by atoms with E-state index in [-0.39, 0.29) is 43.6 Å². The summed E-state index contributed by atoms with van der Waals surface area (Å²) in [5.74, 6) is -9.05. The standard InChI is InChI=1S/C40H54F2N4O9/c1-22(2)36-38(52)43-31(20-27-19-29(41)35(42)33(50)21-27)39(53)46-17-10-11-30(45-46)40(54)55-34(23(3)16-18-47)13-9-7-8-12-32(49)26(6)25(5)28(37(51)44-36)15-14-24(4)48/h7-9,12,16,18-19,21-22,25-26,28,30-32,34,36,45,49-50H,10-11,13-15,17,20H2,1-6H3,(H,43,52)(H,44,51)/b9-7+,12-8+,23-16+/t25-,26-,28-,30?,31+,32+,34+,36+/m1/s1. The number of benzene rings is 1. The van der Waals surface area contributed by atoms with Gasteiger partial charge in [0.05, 0.1) is 6.10 Å². The highest BCUT2D eigenvalue weighted by atomic mass is 19.2. The number of halogens is 2. The van der Waals surface area contributed by atoms with E-state index in [9.17, 15) is 47.8 Å². The Hall–Kier alpha value is -4.76. The normalized spacial score (nSPS) is 29.3. The zero-order chi connectivity index (χ0) is 41.0. The van der Waals surface area contributed by atoms with E-state index in [0.717, 1.165) is 17.1 Å². The zero-order valence-electron chi connectivity index (χ0n) is 32.2. The van der Waals surface area contributed by atoms with Crippen molar-refractivity contribution >= 4 is 35.8 Å². The first kappa shape index (κ1) is 44.6. The first-order valence-corrected chi connectivity index (χ1v) is 18.6. The Labute approximate surface area is 320 Å². The molecule has 5 N–H and O–H groups in total. The highest BCUT2D eigenvalue weighted by Gasteiger charge is 2.38. The molecule has 1 fully saturated rings. The van der Waals surface area contributed by atoms with Crippen LogP contribution in [0.3, 0.4) is 0 Å². The molecule has 3 rings (SSSR count). The quantitative estimate of drug-likeness (QED) is 0.149. The number of hydrogen-bond donors (Lipinski definition) is 5. The predicted molar refractivity (Wildman–Crippen MR) is 199 cm³/mol. The van der Waals surface area contributed by atoms with Crippen molar-refractivity contribution < 1.29 is 52.5 Å². The maximum absolute atomic E-state index is 14.4. The maximum atomic E-state index is 14.4. The molecule has 15 heteroatoms. The second kappa shape index (κ2) is 20.8. The van der Waals surface area contributed by atoms with Crippen LogP contribution in [-0.4, -0.2) is 87.9 Å². The van der Waals surface area contributed by atoms with Crippen molar-refractivity contribution in [1.82, 2.24) is 21.1 Å². The Bertz CT molecular complexity index is 1640. The Morgan fingerprint density at radius 3 is 2.40 bits per heavy atom. The number of ketones is 1. The van der Waals surface area contributed by atoms with Crippen LogP contribution in [0.1, 0.15) is 79.2 Å². The van der Waals surface area contributed by atoms with Gasteiger partial charge in [-0.2, -0.15) is 4.39 Å². The number of phenols is 1. The summed E-state index contributed by atoms with van der Waals surface area (Å²) in [6, 6.07) is -1.95. The van der Waals surface area contributed by atoms with Crippen LogP contribution < -0.4 is 16.1 Å². The van der Waals surface area contributed by atoms with Gasteiger partial charge in [0.1, 0.15) is 36.3 Å². The fraction of sp³-hybridized carbons (Fsp3) is 0.550. The van der Waals surface area contributed by atoms with Crippen LogP contribution in [0.15, 0.2) is 48.1 Å². The molecule has 1 aromatic rings. The second-order valence-electron chi connectivity index (χ2n) is 14.8. The molecule has 8 atom stereocenters. The van der Waals surface area contributed by atoms with Crippen molar-refractivity contribution in [1.29, 1.82) is 0 Å². The lowest BCUT2D eigenvalue weighted by atomic mass is 9.77. The van der Waals surface area contributed by atoms with Crippen molar-refractivity contribution in [2.75, 3.05) is 6.54 Å². The summed E-state index contributed by atoms with van der Waals surface area (Å²) in [5, 5.41) is 27.6. The average Bonchev–Trinajstić information content (AvgIpc) is 3.13. The lowest BCUT2D eigenvalue weighted by Gasteiger charge is -2.36. The van der Waals surface area contributed by atoms with E-state index in [4.69, 9.17) is 4.74 Å². The Morgan fingerprint density at radius 1 is 1.05 bits per heavy atom. The van der Waals surface area contributed by atoms with Crippen LogP contribution in [0.25, 0.3) is 0 Å². The molecule has 2 aliphatic rings. The third kappa shape index (κ3) is 12.6. The monoisotopic (exact) mass is 772 g/mol. The third-order valence-electron chi connectivity index (χ3n) is 10.3. The van der Waals surface area contributed by atoms with Gasteiger partial charge in [-0.05, 0) is 80.2 Å². The number of phenolic OH excluding ortho intramolecular Hbond substituents is 1. The molecule has 1 aromatic carbocycles. The number of ether oxygens (including phenoxy) is 1. The number of aliphatic hydroxyl groups is 1. The number of rotatable bonds is 8. The van der Waals surface area contributed by atoms with Gasteiger partial charge in [0, 0.05) is 31.7 Å². The van der Waals surface area contributed by atoms with Gasteiger partial charge in [-0.1, -0.05) is 52.0 Å². The molecule has 0 aromatic heterocycles. The number of fused-ring (bicyclic) bond motifs is 2. The third-order valence-corrected chi connectivity index (χ3v) is 10.3. The molecule has 13 nitrogen and oxygen atoms in total. The number of nitrogens with one attached hydrogen (secondary N) is 3. The molecule has 0 aliphatic carbocycles.